The third kappa shape index (κ3) is 4.76. The van der Waals surface area contributed by atoms with Gasteiger partial charge in [-0.25, -0.2) is 0 Å². The second-order valence-corrected chi connectivity index (χ2v) is 7.31. The first-order valence-electron chi connectivity index (χ1n) is 9.77. The van der Waals surface area contributed by atoms with Crippen molar-refractivity contribution in [3.8, 4) is 0 Å². The van der Waals surface area contributed by atoms with Crippen LogP contribution in [-0.4, -0.2) is 30.3 Å². The Kier molecular flexibility index (Phi) is 6.28. The van der Waals surface area contributed by atoms with Crippen molar-refractivity contribution in [2.45, 2.75) is 32.7 Å². The molecule has 2 atom stereocenters. The summed E-state index contributed by atoms with van der Waals surface area (Å²) in [5, 5.41) is 0. The molecule has 4 nitrogen and oxygen atoms in total. The number of anilines is 1. The van der Waals surface area contributed by atoms with Crippen LogP contribution in [0.25, 0.3) is 0 Å². The molecule has 0 bridgehead atoms. The van der Waals surface area contributed by atoms with E-state index in [0.29, 0.717) is 13.0 Å². The van der Waals surface area contributed by atoms with Gasteiger partial charge in [0.25, 0.3) is 0 Å². The molecule has 0 radical (unpaired) electrons. The Morgan fingerprint density at radius 2 is 1.52 bits per heavy atom. The minimum atomic E-state index is -0.203. The van der Waals surface area contributed by atoms with Crippen molar-refractivity contribution in [3.05, 3.63) is 66.2 Å². The Bertz CT molecular complexity index is 760. The van der Waals surface area contributed by atoms with Gasteiger partial charge in [0.05, 0.1) is 18.4 Å². The van der Waals surface area contributed by atoms with E-state index >= 15 is 0 Å². The molecular weight excluding hydrogens is 336 g/mol. The zero-order chi connectivity index (χ0) is 19.2. The van der Waals surface area contributed by atoms with E-state index in [-0.39, 0.29) is 23.7 Å². The highest BCUT2D eigenvalue weighted by Crippen LogP contribution is 2.42. The lowest BCUT2D eigenvalue weighted by atomic mass is 10.1. The third-order valence-corrected chi connectivity index (χ3v) is 5.17. The number of benzene rings is 2. The van der Waals surface area contributed by atoms with Crippen molar-refractivity contribution in [2.24, 2.45) is 11.8 Å². The second-order valence-electron chi connectivity index (χ2n) is 7.31. The predicted molar refractivity (Wildman–Crippen MR) is 108 cm³/mol. The molecule has 2 unspecified atom stereocenters. The van der Waals surface area contributed by atoms with Crippen LogP contribution in [0.1, 0.15) is 31.7 Å². The standard InChI is InChI=1S/C23H28N2O2/c1-3-4-15-24(2)22(26)20-16-21(20)23(27)25(19-13-9-6-10-14-19)17-18-11-7-5-8-12-18/h5-14,20-21H,3-4,15-17H2,1-2H3. The number of hydrogen-bond acceptors (Lipinski definition) is 2. The van der Waals surface area contributed by atoms with Gasteiger partial charge >= 0.3 is 0 Å². The lowest BCUT2D eigenvalue weighted by Gasteiger charge is -2.24. The Morgan fingerprint density at radius 3 is 2.15 bits per heavy atom. The molecule has 4 heteroatoms. The lowest BCUT2D eigenvalue weighted by molar-refractivity contribution is -0.133. The number of nitrogens with zero attached hydrogens (tertiary/aromatic N) is 2. The number of amides is 2. The van der Waals surface area contributed by atoms with E-state index < -0.39 is 0 Å². The molecule has 1 fully saturated rings. The van der Waals surface area contributed by atoms with Crippen molar-refractivity contribution >= 4 is 17.5 Å². The summed E-state index contributed by atoms with van der Waals surface area (Å²) in [6, 6.07) is 19.7. The number of hydrogen-bond donors (Lipinski definition) is 0. The van der Waals surface area contributed by atoms with E-state index in [1.54, 1.807) is 4.90 Å². The number of unbranched alkanes of at least 4 members (excludes halogenated alkanes) is 1. The first kappa shape index (κ1) is 19.2. The Labute approximate surface area is 161 Å². The fourth-order valence-corrected chi connectivity index (χ4v) is 3.40. The van der Waals surface area contributed by atoms with Crippen LogP contribution in [0, 0.1) is 11.8 Å². The Morgan fingerprint density at radius 1 is 0.926 bits per heavy atom. The van der Waals surface area contributed by atoms with Crippen LogP contribution in [0.3, 0.4) is 0 Å². The summed E-state index contributed by atoms with van der Waals surface area (Å²) in [5.74, 6) is -0.214. The lowest BCUT2D eigenvalue weighted by Crippen LogP contribution is -2.35. The van der Waals surface area contributed by atoms with Crippen LogP contribution in [0.2, 0.25) is 0 Å². The normalized spacial score (nSPS) is 18.0. The minimum absolute atomic E-state index is 0.0484. The number of rotatable bonds is 8. The molecule has 0 heterocycles. The largest absolute Gasteiger partial charge is 0.346 e. The Hall–Kier alpha value is -2.62. The molecule has 2 amide bonds. The van der Waals surface area contributed by atoms with Crippen LogP contribution < -0.4 is 4.90 Å². The van der Waals surface area contributed by atoms with Gasteiger partial charge in [-0.05, 0) is 30.5 Å². The van der Waals surface area contributed by atoms with Gasteiger partial charge in [0.1, 0.15) is 0 Å². The van der Waals surface area contributed by atoms with Gasteiger partial charge < -0.3 is 9.80 Å². The number of carbonyl (C=O) groups excluding carboxylic acids is 2. The molecule has 0 saturated heterocycles. The fraction of sp³-hybridized carbons (Fsp3) is 0.391. The molecule has 3 rings (SSSR count). The monoisotopic (exact) mass is 364 g/mol. The van der Waals surface area contributed by atoms with Crippen molar-refractivity contribution < 1.29 is 9.59 Å². The first-order chi connectivity index (χ1) is 13.1. The minimum Gasteiger partial charge on any atom is -0.346 e. The SMILES string of the molecule is CCCCN(C)C(=O)C1CC1C(=O)N(Cc1ccccc1)c1ccccc1. The van der Waals surface area contributed by atoms with Gasteiger partial charge in [-0.2, -0.15) is 0 Å². The van der Waals surface area contributed by atoms with Crippen LogP contribution in [0.4, 0.5) is 5.69 Å². The maximum atomic E-state index is 13.2. The highest BCUT2D eigenvalue weighted by molar-refractivity contribution is 6.01. The van der Waals surface area contributed by atoms with Gasteiger partial charge in [-0.1, -0.05) is 61.9 Å². The molecule has 142 valence electrons. The predicted octanol–water partition coefficient (Wildman–Crippen LogP) is 4.11. The first-order valence-corrected chi connectivity index (χ1v) is 9.77. The average molecular weight is 364 g/mol. The van der Waals surface area contributed by atoms with E-state index in [4.69, 9.17) is 0 Å². The van der Waals surface area contributed by atoms with Crippen molar-refractivity contribution in [2.75, 3.05) is 18.5 Å². The average Bonchev–Trinajstić information content (AvgIpc) is 3.51. The molecule has 0 aliphatic heterocycles. The molecule has 1 aliphatic carbocycles. The summed E-state index contributed by atoms with van der Waals surface area (Å²) in [4.78, 5) is 29.4. The van der Waals surface area contributed by atoms with Crippen LogP contribution in [0.15, 0.2) is 60.7 Å². The molecule has 0 aromatic heterocycles. The topological polar surface area (TPSA) is 40.6 Å². The number of carbonyl (C=O) groups is 2. The van der Waals surface area contributed by atoms with E-state index in [2.05, 4.69) is 6.92 Å². The zero-order valence-electron chi connectivity index (χ0n) is 16.2. The van der Waals surface area contributed by atoms with E-state index in [9.17, 15) is 9.59 Å². The second kappa shape index (κ2) is 8.85. The van der Waals surface area contributed by atoms with Crippen LogP contribution in [0.5, 0.6) is 0 Å². The molecule has 27 heavy (non-hydrogen) atoms. The number of para-hydroxylation sites is 1. The molecule has 2 aromatic carbocycles. The summed E-state index contributed by atoms with van der Waals surface area (Å²) >= 11 is 0. The van der Waals surface area contributed by atoms with Crippen molar-refractivity contribution in [3.63, 3.8) is 0 Å². The van der Waals surface area contributed by atoms with Crippen molar-refractivity contribution in [1.29, 1.82) is 0 Å². The Balaban J connectivity index is 1.72. The van der Waals surface area contributed by atoms with Gasteiger partial charge in [0, 0.05) is 19.3 Å². The van der Waals surface area contributed by atoms with Gasteiger partial charge in [-0.3, -0.25) is 9.59 Å². The van der Waals surface area contributed by atoms with Gasteiger partial charge in [0.2, 0.25) is 11.8 Å². The molecular formula is C23H28N2O2. The molecule has 1 aliphatic rings. The third-order valence-electron chi connectivity index (χ3n) is 5.17. The maximum absolute atomic E-state index is 13.2. The highest BCUT2D eigenvalue weighted by Gasteiger charge is 2.50. The van der Waals surface area contributed by atoms with Crippen LogP contribution in [-0.2, 0) is 16.1 Å². The molecule has 2 aromatic rings. The summed E-state index contributed by atoms with van der Waals surface area (Å²) in [6.45, 7) is 3.40. The van der Waals surface area contributed by atoms with E-state index in [1.807, 2.05) is 72.6 Å². The van der Waals surface area contributed by atoms with E-state index in [0.717, 1.165) is 30.6 Å². The smallest absolute Gasteiger partial charge is 0.231 e. The molecule has 0 N–H and O–H groups in total. The fourth-order valence-electron chi connectivity index (χ4n) is 3.40. The molecule has 0 spiro atoms. The summed E-state index contributed by atoms with van der Waals surface area (Å²) in [5.41, 5.74) is 1.96. The summed E-state index contributed by atoms with van der Waals surface area (Å²) < 4.78 is 0. The van der Waals surface area contributed by atoms with Gasteiger partial charge in [0.15, 0.2) is 0 Å². The summed E-state index contributed by atoms with van der Waals surface area (Å²) in [6.07, 6.45) is 2.72. The van der Waals surface area contributed by atoms with Gasteiger partial charge in [-0.15, -0.1) is 0 Å². The quantitative estimate of drug-likeness (QED) is 0.707. The van der Waals surface area contributed by atoms with Crippen LogP contribution >= 0.6 is 0 Å². The summed E-state index contributed by atoms with van der Waals surface area (Å²) in [7, 11) is 1.84. The highest BCUT2D eigenvalue weighted by atomic mass is 16.2. The molecule has 1 saturated carbocycles. The maximum Gasteiger partial charge on any atom is 0.231 e. The zero-order valence-corrected chi connectivity index (χ0v) is 16.2. The van der Waals surface area contributed by atoms with Crippen molar-refractivity contribution in [1.82, 2.24) is 4.90 Å². The van der Waals surface area contributed by atoms with E-state index in [1.165, 1.54) is 0 Å².